The average Bonchev–Trinajstić information content (AvgIpc) is 3.96. The number of halogens is 5. The number of rotatable bonds is 16. The molecule has 12 rings (SSSR count). The van der Waals surface area contributed by atoms with E-state index in [0.29, 0.717) is 63.9 Å². The first kappa shape index (κ1) is 49.8. The molecular weight excluding hydrogens is 1030 g/mol. The van der Waals surface area contributed by atoms with Crippen LogP contribution in [0.25, 0.3) is 21.5 Å². The molecule has 390 valence electrons. The van der Waals surface area contributed by atoms with E-state index < -0.39 is 29.4 Å². The number of aromatic carboxylic acids is 2. The van der Waals surface area contributed by atoms with Crippen molar-refractivity contribution in [1.82, 2.24) is 15.1 Å². The van der Waals surface area contributed by atoms with Crippen LogP contribution in [-0.4, -0.2) is 93.1 Å². The molecule has 2 saturated heterocycles. The van der Waals surface area contributed by atoms with Gasteiger partial charge in [-0.05, 0) is 129 Å². The Morgan fingerprint density at radius 2 is 1.45 bits per heavy atom. The molecule has 6 fully saturated rings. The maximum Gasteiger partial charge on any atom is 0.337 e. The molecule has 4 N–H and O–H groups in total. The summed E-state index contributed by atoms with van der Waals surface area (Å²) in [5.41, 5.74) is 1.00. The monoisotopic (exact) mass is 1080 g/mol. The number of nitrogens with zero attached hydrogens (tertiary/aromatic N) is 5. The number of thiazole rings is 1. The van der Waals surface area contributed by atoms with Crippen molar-refractivity contribution in [2.24, 2.45) is 41.4 Å². The number of aliphatic hydroxyl groups excluding tert-OH is 1. The Balaban J connectivity index is 0.734. The number of fused-ring (bicyclic) bond motifs is 3. The highest BCUT2D eigenvalue weighted by Gasteiger charge is 2.58. The first-order valence-corrected chi connectivity index (χ1v) is 26.9. The molecule has 0 bridgehead atoms. The minimum absolute atomic E-state index is 0.00520. The molecule has 10 atom stereocenters. The number of aromatic nitrogens is 3. The summed E-state index contributed by atoms with van der Waals surface area (Å²) >= 11 is 14.6. The number of carbonyl (C=O) groups is 2. The molecule has 3 aromatic carbocycles. The van der Waals surface area contributed by atoms with E-state index >= 15 is 8.78 Å². The van der Waals surface area contributed by atoms with Gasteiger partial charge in [0.1, 0.15) is 40.2 Å². The largest absolute Gasteiger partial charge is 0.512 e. The van der Waals surface area contributed by atoms with Crippen molar-refractivity contribution < 1.29 is 52.1 Å². The van der Waals surface area contributed by atoms with E-state index in [9.17, 15) is 34.7 Å². The van der Waals surface area contributed by atoms with Gasteiger partial charge >= 0.3 is 11.9 Å². The van der Waals surface area contributed by atoms with E-state index in [1.807, 2.05) is 0 Å². The molecule has 75 heavy (non-hydrogen) atoms. The predicted octanol–water partition coefficient (Wildman–Crippen LogP) is 11.8. The van der Waals surface area contributed by atoms with Crippen molar-refractivity contribution in [1.29, 1.82) is 5.41 Å². The molecule has 4 unspecified atom stereocenters. The minimum atomic E-state index is -1.20. The van der Waals surface area contributed by atoms with E-state index in [-0.39, 0.29) is 110 Å². The van der Waals surface area contributed by atoms with Gasteiger partial charge in [-0.3, -0.25) is 5.41 Å². The Morgan fingerprint density at radius 3 is 2.16 bits per heavy atom. The van der Waals surface area contributed by atoms with E-state index in [1.165, 1.54) is 41.8 Å². The smallest absolute Gasteiger partial charge is 0.337 e. The van der Waals surface area contributed by atoms with Crippen LogP contribution in [0, 0.1) is 64.3 Å². The first-order chi connectivity index (χ1) is 36.2. The van der Waals surface area contributed by atoms with Gasteiger partial charge in [0.15, 0.2) is 10.9 Å². The van der Waals surface area contributed by atoms with Crippen molar-refractivity contribution in [3.8, 4) is 11.3 Å². The number of carboxylic acid groups (broad SMARTS) is 2. The third-order valence-corrected chi connectivity index (χ3v) is 18.4. The van der Waals surface area contributed by atoms with Crippen LogP contribution >= 0.6 is 34.5 Å². The van der Waals surface area contributed by atoms with Crippen LogP contribution in [0.15, 0.2) is 82.7 Å². The zero-order valence-corrected chi connectivity index (χ0v) is 42.6. The second kappa shape index (κ2) is 19.8. The van der Waals surface area contributed by atoms with Gasteiger partial charge in [0.2, 0.25) is 0 Å². The highest BCUT2D eigenvalue weighted by atomic mass is 35.5. The summed E-state index contributed by atoms with van der Waals surface area (Å²) in [6, 6.07) is 14.4. The lowest BCUT2D eigenvalue weighted by atomic mass is 9.80. The lowest BCUT2D eigenvalue weighted by Gasteiger charge is -2.31. The second-order valence-corrected chi connectivity index (χ2v) is 23.0. The van der Waals surface area contributed by atoms with Gasteiger partial charge in [0.05, 0.1) is 62.6 Å². The molecule has 14 nitrogen and oxygen atoms in total. The van der Waals surface area contributed by atoms with E-state index in [1.54, 1.807) is 30.3 Å². The Bertz CT molecular complexity index is 3250. The van der Waals surface area contributed by atoms with Crippen molar-refractivity contribution in [3.63, 3.8) is 0 Å². The summed E-state index contributed by atoms with van der Waals surface area (Å²) in [6.07, 6.45) is 6.28. The van der Waals surface area contributed by atoms with Crippen molar-refractivity contribution in [3.05, 3.63) is 134 Å². The van der Waals surface area contributed by atoms with Crippen molar-refractivity contribution in [2.75, 3.05) is 42.6 Å². The summed E-state index contributed by atoms with van der Waals surface area (Å²) in [5, 5.41) is 45.9. The number of carboxylic acids is 2. The molecule has 0 radical (unpaired) electrons. The van der Waals surface area contributed by atoms with Gasteiger partial charge in [-0.25, -0.2) is 32.7 Å². The van der Waals surface area contributed by atoms with Crippen molar-refractivity contribution >= 4 is 73.4 Å². The van der Waals surface area contributed by atoms with Gasteiger partial charge in [0, 0.05) is 60.9 Å². The van der Waals surface area contributed by atoms with Crippen LogP contribution in [0.5, 0.6) is 0 Å². The number of aliphatic hydroxyl groups is 1. The molecule has 4 aliphatic carbocycles. The Morgan fingerprint density at radius 1 is 0.773 bits per heavy atom. The molecule has 6 aliphatic rings. The van der Waals surface area contributed by atoms with E-state index in [4.69, 9.17) is 37.2 Å². The van der Waals surface area contributed by atoms with Gasteiger partial charge in [-0.15, -0.1) is 0 Å². The fourth-order valence-electron chi connectivity index (χ4n) is 12.7. The number of allylic oxidation sites excluding steroid dienone is 1. The lowest BCUT2D eigenvalue weighted by molar-refractivity contribution is 0.0180. The number of nitrogens with one attached hydrogen (secondary N) is 1. The zero-order valence-electron chi connectivity index (χ0n) is 40.2. The minimum Gasteiger partial charge on any atom is -0.512 e. The van der Waals surface area contributed by atoms with Crippen LogP contribution in [0.2, 0.25) is 10.0 Å². The summed E-state index contributed by atoms with van der Waals surface area (Å²) in [7, 11) is 0. The fourth-order valence-corrected chi connectivity index (χ4v) is 14.3. The number of ether oxygens (including phenoxy) is 2. The molecular formula is C55H51Cl2F3N6O8S. The summed E-state index contributed by atoms with van der Waals surface area (Å²) in [6.45, 7) is 2.88. The molecule has 2 aliphatic heterocycles. The number of hydrogen-bond acceptors (Lipinski definition) is 13. The normalized spacial score (nSPS) is 27.1. The molecule has 6 aromatic rings. The molecule has 5 heterocycles. The van der Waals surface area contributed by atoms with Gasteiger partial charge in [-0.2, -0.15) is 0 Å². The topological polar surface area (TPSA) is 195 Å². The third kappa shape index (κ3) is 9.55. The first-order valence-electron chi connectivity index (χ1n) is 25.3. The third-order valence-electron chi connectivity index (χ3n) is 16.7. The van der Waals surface area contributed by atoms with Gasteiger partial charge < -0.3 is 39.1 Å². The number of hydrogen-bond donors (Lipinski definition) is 4. The van der Waals surface area contributed by atoms with Crippen LogP contribution in [0.4, 0.5) is 24.1 Å². The lowest BCUT2D eigenvalue weighted by Crippen LogP contribution is -2.30. The molecule has 4 saturated carbocycles. The van der Waals surface area contributed by atoms with Crippen LogP contribution in [-0.2, 0) is 16.1 Å². The fraction of sp³-hybridized carbons (Fsp3) is 0.418. The Hall–Kier alpha value is -6.05. The van der Waals surface area contributed by atoms with E-state index in [0.717, 1.165) is 63.6 Å². The Kier molecular flexibility index (Phi) is 13.2. The molecule has 3 aromatic heterocycles. The zero-order chi connectivity index (χ0) is 52.0. The molecule has 0 amide bonds. The quantitative estimate of drug-likeness (QED) is 0.0528. The second-order valence-electron chi connectivity index (χ2n) is 21.1. The summed E-state index contributed by atoms with van der Waals surface area (Å²) in [4.78, 5) is 36.2. The molecule has 20 heteroatoms. The highest BCUT2D eigenvalue weighted by molar-refractivity contribution is 7.22. The summed E-state index contributed by atoms with van der Waals surface area (Å²) in [5.74, 6) is -2.32. The van der Waals surface area contributed by atoms with Crippen molar-refractivity contribution in [2.45, 2.75) is 69.7 Å². The standard InChI is InChI=1S/C55H51Cl2F3N6O8S/c56-39-3-1-4-40(57)46(39)48(61)37(23-72-31-9-7-26-19-66(22-28(26)11-31)55-63-50-43(60)14-27(54(70)71)15-44(50)75-55)51(67)35-16-33(35)34-17-36(34)52-38(49(64-74-52)47-41(58)5-2-6-42(47)59)24-73-32-12-29-20-65(21-30(29)13-32)45-10-8-25(18-62-45)53(68)69/h1-6,8,10,14-15,18,26,28-36,61,67H,7,9,11-13,16-17,19-24H2,(H,68,69)(H,70,71)/b51-37-,61-48?/t26-,28+,29-,30+,31+,32+,33?,34?,35?,36?/m0/s1. The number of benzene rings is 3. The average molecular weight is 1080 g/mol. The highest BCUT2D eigenvalue weighted by Crippen LogP contribution is 2.64. The summed E-state index contributed by atoms with van der Waals surface area (Å²) < 4.78 is 65.4. The van der Waals surface area contributed by atoms with Gasteiger partial charge in [-0.1, -0.05) is 51.8 Å². The van der Waals surface area contributed by atoms with E-state index in [2.05, 4.69) is 24.9 Å². The SMILES string of the molecule is N=C(/C(CO[C@@H]1CC[C@H]2CN(c3nc4c(F)cc(C(=O)O)cc4s3)C[C@H]2C1)=C(\O)C1CC1C1CC1c1onc(-c2c(F)cccc2F)c1CO[C@H]1C[C@@H]2CN(c3ccc(C(=O)O)cn3)C[C@@H]2C1)c1c(Cl)cccc1Cl. The maximum absolute atomic E-state index is 15.4. The van der Waals surface area contributed by atoms with Crippen LogP contribution in [0.3, 0.4) is 0 Å². The number of pyridine rings is 1. The molecule has 0 spiro atoms. The Labute approximate surface area is 442 Å². The van der Waals surface area contributed by atoms with Gasteiger partial charge in [0.25, 0.3) is 0 Å². The predicted molar refractivity (Wildman–Crippen MR) is 275 cm³/mol. The maximum atomic E-state index is 15.4. The number of anilines is 2. The van der Waals surface area contributed by atoms with Crippen LogP contribution < -0.4 is 9.80 Å². The van der Waals surface area contributed by atoms with Crippen LogP contribution in [0.1, 0.15) is 88.5 Å².